The van der Waals surface area contributed by atoms with Crippen LogP contribution in [-0.2, 0) is 11.8 Å². The Kier molecular flexibility index (Phi) is 6.32. The number of thioether (sulfide) groups is 1. The Morgan fingerprint density at radius 3 is 2.86 bits per heavy atom. The number of aromatic hydroxyl groups is 2. The quantitative estimate of drug-likeness (QED) is 0.295. The lowest BCUT2D eigenvalue weighted by Gasteiger charge is -2.04. The molecule has 10 heteroatoms. The van der Waals surface area contributed by atoms with Gasteiger partial charge in [0.25, 0.3) is 5.91 Å². The van der Waals surface area contributed by atoms with Crippen LogP contribution < -0.4 is 5.43 Å². The Bertz CT molecular complexity index is 1040. The molecule has 0 aliphatic heterocycles. The molecule has 0 aliphatic carbocycles. The van der Waals surface area contributed by atoms with Crippen molar-refractivity contribution in [1.29, 1.82) is 0 Å². The standard InChI is InChI=1S/C18H16BrN5O3S/c1-24-17(11-3-2-4-13(19)7-11)22-23-18(24)28-10-16(27)21-20-9-12-5-6-14(25)8-15(12)26/h2-9,25-26H,10H2,1H3,(H,21,27)/b20-9-. The lowest BCUT2D eigenvalue weighted by molar-refractivity contribution is -0.118. The van der Waals surface area contributed by atoms with E-state index in [1.165, 1.54) is 36.2 Å². The van der Waals surface area contributed by atoms with Crippen molar-refractivity contribution in [2.75, 3.05) is 5.75 Å². The average molecular weight is 462 g/mol. The van der Waals surface area contributed by atoms with Crippen molar-refractivity contribution in [3.63, 3.8) is 0 Å². The third-order valence-corrected chi connectivity index (χ3v) is 5.17. The number of nitrogens with one attached hydrogen (secondary N) is 1. The van der Waals surface area contributed by atoms with Crippen molar-refractivity contribution in [2.45, 2.75) is 5.16 Å². The van der Waals surface area contributed by atoms with Crippen LogP contribution in [-0.4, -0.2) is 42.9 Å². The van der Waals surface area contributed by atoms with Crippen molar-refractivity contribution in [3.05, 3.63) is 52.5 Å². The number of rotatable bonds is 6. The van der Waals surface area contributed by atoms with E-state index in [-0.39, 0.29) is 23.2 Å². The molecule has 0 aliphatic rings. The summed E-state index contributed by atoms with van der Waals surface area (Å²) in [6, 6.07) is 11.8. The monoisotopic (exact) mass is 461 g/mol. The van der Waals surface area contributed by atoms with Crippen LogP contribution in [0.15, 0.2) is 57.2 Å². The van der Waals surface area contributed by atoms with Gasteiger partial charge in [0.05, 0.1) is 12.0 Å². The molecule has 1 heterocycles. The summed E-state index contributed by atoms with van der Waals surface area (Å²) in [4.78, 5) is 12.0. The number of hydrogen-bond donors (Lipinski definition) is 3. The maximum atomic E-state index is 12.0. The van der Waals surface area contributed by atoms with E-state index in [4.69, 9.17) is 0 Å². The number of hydrogen-bond acceptors (Lipinski definition) is 7. The molecule has 144 valence electrons. The van der Waals surface area contributed by atoms with Gasteiger partial charge in [-0.15, -0.1) is 10.2 Å². The first-order valence-corrected chi connectivity index (χ1v) is 9.84. The summed E-state index contributed by atoms with van der Waals surface area (Å²) in [6.45, 7) is 0. The molecule has 0 bridgehead atoms. The second kappa shape index (κ2) is 8.89. The molecular weight excluding hydrogens is 446 g/mol. The average Bonchev–Trinajstić information content (AvgIpc) is 3.02. The van der Waals surface area contributed by atoms with Crippen LogP contribution in [0.4, 0.5) is 0 Å². The van der Waals surface area contributed by atoms with Crippen LogP contribution in [0.25, 0.3) is 11.4 Å². The fraction of sp³-hybridized carbons (Fsp3) is 0.111. The summed E-state index contributed by atoms with van der Waals surface area (Å²) in [6.07, 6.45) is 1.30. The van der Waals surface area contributed by atoms with Gasteiger partial charge in [-0.25, -0.2) is 5.43 Å². The molecule has 0 unspecified atom stereocenters. The topological polar surface area (TPSA) is 113 Å². The zero-order valence-corrected chi connectivity index (χ0v) is 17.1. The van der Waals surface area contributed by atoms with E-state index < -0.39 is 0 Å². The number of carbonyl (C=O) groups excluding carboxylic acids is 1. The Morgan fingerprint density at radius 2 is 2.11 bits per heavy atom. The highest BCUT2D eigenvalue weighted by atomic mass is 79.9. The van der Waals surface area contributed by atoms with Gasteiger partial charge in [0, 0.05) is 28.7 Å². The van der Waals surface area contributed by atoms with Crippen LogP contribution in [0.5, 0.6) is 11.5 Å². The van der Waals surface area contributed by atoms with E-state index >= 15 is 0 Å². The Hall–Kier alpha value is -2.85. The minimum Gasteiger partial charge on any atom is -0.508 e. The van der Waals surface area contributed by atoms with E-state index in [0.29, 0.717) is 16.5 Å². The molecule has 28 heavy (non-hydrogen) atoms. The molecule has 0 radical (unpaired) electrons. The van der Waals surface area contributed by atoms with Gasteiger partial charge in [0.15, 0.2) is 11.0 Å². The summed E-state index contributed by atoms with van der Waals surface area (Å²) in [7, 11) is 1.84. The van der Waals surface area contributed by atoms with E-state index in [9.17, 15) is 15.0 Å². The minimum absolute atomic E-state index is 0.0546. The molecule has 1 aromatic heterocycles. The van der Waals surface area contributed by atoms with Gasteiger partial charge < -0.3 is 14.8 Å². The van der Waals surface area contributed by atoms with E-state index in [0.717, 1.165) is 10.0 Å². The second-order valence-corrected chi connectivity index (χ2v) is 7.56. The van der Waals surface area contributed by atoms with Gasteiger partial charge in [-0.2, -0.15) is 5.10 Å². The highest BCUT2D eigenvalue weighted by Gasteiger charge is 2.13. The van der Waals surface area contributed by atoms with Crippen LogP contribution in [0.2, 0.25) is 0 Å². The van der Waals surface area contributed by atoms with E-state index in [1.807, 2.05) is 35.9 Å². The number of benzene rings is 2. The summed E-state index contributed by atoms with van der Waals surface area (Å²) in [5.41, 5.74) is 3.67. The summed E-state index contributed by atoms with van der Waals surface area (Å²) in [5.74, 6) is 0.285. The molecule has 0 fully saturated rings. The van der Waals surface area contributed by atoms with Gasteiger partial charge in [-0.3, -0.25) is 4.79 Å². The van der Waals surface area contributed by atoms with Gasteiger partial charge >= 0.3 is 0 Å². The molecule has 3 rings (SSSR count). The number of halogens is 1. The van der Waals surface area contributed by atoms with Crippen molar-refractivity contribution < 1.29 is 15.0 Å². The molecule has 1 amide bonds. The fourth-order valence-corrected chi connectivity index (χ4v) is 3.40. The molecule has 0 spiro atoms. The van der Waals surface area contributed by atoms with Gasteiger partial charge in [-0.05, 0) is 24.3 Å². The first-order chi connectivity index (χ1) is 13.4. The van der Waals surface area contributed by atoms with Gasteiger partial charge in [-0.1, -0.05) is 39.8 Å². The normalized spacial score (nSPS) is 11.1. The van der Waals surface area contributed by atoms with Crippen LogP contribution >= 0.6 is 27.7 Å². The molecule has 2 aromatic carbocycles. The van der Waals surface area contributed by atoms with Crippen molar-refractivity contribution in [2.24, 2.45) is 12.1 Å². The maximum absolute atomic E-state index is 12.0. The Labute approximate surface area is 173 Å². The smallest absolute Gasteiger partial charge is 0.250 e. The lowest BCUT2D eigenvalue weighted by atomic mass is 10.2. The minimum atomic E-state index is -0.327. The number of hydrazone groups is 1. The van der Waals surface area contributed by atoms with Crippen molar-refractivity contribution in [1.82, 2.24) is 20.2 Å². The number of nitrogens with zero attached hydrogens (tertiary/aromatic N) is 4. The first kappa shape index (κ1) is 19.9. The molecule has 3 N–H and O–H groups in total. The molecule has 0 atom stereocenters. The molecule has 8 nitrogen and oxygen atoms in total. The second-order valence-electron chi connectivity index (χ2n) is 5.70. The van der Waals surface area contributed by atoms with Crippen molar-refractivity contribution >= 4 is 39.8 Å². The van der Waals surface area contributed by atoms with Crippen molar-refractivity contribution in [3.8, 4) is 22.9 Å². The predicted molar refractivity (Wildman–Crippen MR) is 110 cm³/mol. The van der Waals surface area contributed by atoms with Crippen LogP contribution in [0, 0.1) is 0 Å². The summed E-state index contributed by atoms with van der Waals surface area (Å²) >= 11 is 4.67. The van der Waals surface area contributed by atoms with Gasteiger partial charge in [0.1, 0.15) is 11.5 Å². The number of phenols is 2. The fourth-order valence-electron chi connectivity index (χ4n) is 2.30. The van der Waals surface area contributed by atoms with Crippen LogP contribution in [0.3, 0.4) is 0 Å². The SMILES string of the molecule is Cn1c(SCC(=O)N/N=C\c2ccc(O)cc2O)nnc1-c1cccc(Br)c1. The van der Waals surface area contributed by atoms with Crippen LogP contribution in [0.1, 0.15) is 5.56 Å². The zero-order valence-electron chi connectivity index (χ0n) is 14.7. The number of aromatic nitrogens is 3. The molecule has 0 saturated carbocycles. The number of amides is 1. The molecule has 3 aromatic rings. The lowest BCUT2D eigenvalue weighted by Crippen LogP contribution is -2.19. The number of phenolic OH excluding ortho intramolecular Hbond substituents is 2. The zero-order chi connectivity index (χ0) is 20.1. The highest BCUT2D eigenvalue weighted by molar-refractivity contribution is 9.10. The van der Waals surface area contributed by atoms with Gasteiger partial charge in [0.2, 0.25) is 0 Å². The molecule has 0 saturated heterocycles. The highest BCUT2D eigenvalue weighted by Crippen LogP contribution is 2.25. The Morgan fingerprint density at radius 1 is 1.29 bits per heavy atom. The number of carbonyl (C=O) groups is 1. The van der Waals surface area contributed by atoms with E-state index in [1.54, 1.807) is 0 Å². The summed E-state index contributed by atoms with van der Waals surface area (Å²) < 4.78 is 2.76. The third kappa shape index (κ3) is 4.90. The predicted octanol–water partition coefficient (Wildman–Crippen LogP) is 2.90. The molecular formula is C18H16BrN5O3S. The van der Waals surface area contributed by atoms with E-state index in [2.05, 4.69) is 36.7 Å². The largest absolute Gasteiger partial charge is 0.508 e. The third-order valence-electron chi connectivity index (χ3n) is 3.66. The Balaban J connectivity index is 1.57. The maximum Gasteiger partial charge on any atom is 0.250 e. The summed E-state index contributed by atoms with van der Waals surface area (Å²) in [5, 5.41) is 31.6. The first-order valence-electron chi connectivity index (χ1n) is 8.06.